The lowest BCUT2D eigenvalue weighted by Crippen LogP contribution is -2.47. The zero-order valence-electron chi connectivity index (χ0n) is 14.2. The van der Waals surface area contributed by atoms with Crippen LogP contribution in [0.25, 0.3) is 0 Å². The Morgan fingerprint density at radius 2 is 2.22 bits per heavy atom. The molecule has 132 valence electrons. The van der Waals surface area contributed by atoms with Crippen LogP contribution < -0.4 is 5.32 Å². The molecular formula is C16H30N4O2S. The number of thioether (sulfide) groups is 1. The maximum absolute atomic E-state index is 10.5. The Kier molecular flexibility index (Phi) is 6.07. The largest absolute Gasteiger partial charge is 0.387 e. The van der Waals surface area contributed by atoms with E-state index < -0.39 is 5.60 Å². The number of aliphatic hydroxyl groups is 1. The van der Waals surface area contributed by atoms with Crippen LogP contribution >= 0.6 is 11.8 Å². The fraction of sp³-hybridized carbons (Fsp3) is 0.938. The molecule has 23 heavy (non-hydrogen) atoms. The number of nitrogens with one attached hydrogen (secondary N) is 1. The average molecular weight is 343 g/mol. The monoisotopic (exact) mass is 342 g/mol. The van der Waals surface area contributed by atoms with E-state index in [1.165, 1.54) is 6.42 Å². The van der Waals surface area contributed by atoms with Gasteiger partial charge in [-0.3, -0.25) is 9.89 Å². The lowest BCUT2D eigenvalue weighted by atomic mass is 10.1. The molecule has 0 saturated carbocycles. The molecule has 3 fully saturated rings. The summed E-state index contributed by atoms with van der Waals surface area (Å²) in [6, 6.07) is 0.605. The Labute approximate surface area is 143 Å². The van der Waals surface area contributed by atoms with Crippen molar-refractivity contribution in [2.24, 2.45) is 4.99 Å². The fourth-order valence-corrected chi connectivity index (χ4v) is 4.83. The third-order valence-electron chi connectivity index (χ3n) is 4.97. The van der Waals surface area contributed by atoms with Crippen LogP contribution in [0.3, 0.4) is 0 Å². The van der Waals surface area contributed by atoms with Crippen molar-refractivity contribution in [1.29, 1.82) is 0 Å². The minimum absolute atomic E-state index is 0.515. The summed E-state index contributed by atoms with van der Waals surface area (Å²) in [5.74, 6) is 2.83. The molecule has 3 aliphatic heterocycles. The van der Waals surface area contributed by atoms with Crippen molar-refractivity contribution in [1.82, 2.24) is 15.1 Å². The maximum atomic E-state index is 10.5. The van der Waals surface area contributed by atoms with Gasteiger partial charge in [0.15, 0.2) is 5.96 Å². The Morgan fingerprint density at radius 1 is 1.39 bits per heavy atom. The Bertz CT molecular complexity index is 409. The van der Waals surface area contributed by atoms with Crippen molar-refractivity contribution < 1.29 is 9.84 Å². The number of rotatable bonds is 4. The number of morpholine rings is 1. The van der Waals surface area contributed by atoms with E-state index in [-0.39, 0.29) is 0 Å². The van der Waals surface area contributed by atoms with Crippen molar-refractivity contribution in [3.8, 4) is 0 Å². The number of nitrogens with zero attached hydrogens (tertiary/aromatic N) is 3. The second kappa shape index (κ2) is 8.05. The van der Waals surface area contributed by atoms with Crippen molar-refractivity contribution >= 4 is 17.7 Å². The minimum atomic E-state index is -0.603. The van der Waals surface area contributed by atoms with Crippen molar-refractivity contribution in [2.75, 3.05) is 64.0 Å². The van der Waals surface area contributed by atoms with Crippen molar-refractivity contribution in [3.63, 3.8) is 0 Å². The zero-order valence-corrected chi connectivity index (χ0v) is 15.0. The quantitative estimate of drug-likeness (QED) is 0.563. The highest BCUT2D eigenvalue weighted by Crippen LogP contribution is 2.28. The smallest absolute Gasteiger partial charge is 0.194 e. The van der Waals surface area contributed by atoms with Crippen LogP contribution in [0.1, 0.15) is 19.8 Å². The molecule has 3 aliphatic rings. The summed E-state index contributed by atoms with van der Waals surface area (Å²) in [4.78, 5) is 9.66. The molecule has 0 aliphatic carbocycles. The predicted octanol–water partition coefficient (Wildman–Crippen LogP) is 0.226. The standard InChI is InChI=1S/C16H30N4O2S/c1-2-17-15(18-12-16(21)4-10-23-13-16)20-5-3-14(11-20)19-6-8-22-9-7-19/h14,21H,2-13H2,1H3,(H,17,18). The lowest BCUT2D eigenvalue weighted by Gasteiger charge is -2.32. The Hall–Kier alpha value is -0.500. The first-order chi connectivity index (χ1) is 11.2. The second-order valence-corrected chi connectivity index (χ2v) is 7.84. The molecule has 6 nitrogen and oxygen atoms in total. The molecule has 0 radical (unpaired) electrons. The van der Waals surface area contributed by atoms with Crippen LogP contribution in [0.15, 0.2) is 4.99 Å². The SMILES string of the molecule is CCNC(=NCC1(O)CCSC1)N1CCC(N2CCOCC2)C1. The molecule has 3 heterocycles. The molecule has 3 rings (SSSR count). The van der Waals surface area contributed by atoms with Crippen LogP contribution in [0.5, 0.6) is 0 Å². The Morgan fingerprint density at radius 3 is 2.91 bits per heavy atom. The molecule has 2 unspecified atom stereocenters. The highest BCUT2D eigenvalue weighted by Gasteiger charge is 2.33. The minimum Gasteiger partial charge on any atom is -0.387 e. The van der Waals surface area contributed by atoms with E-state index in [4.69, 9.17) is 9.73 Å². The van der Waals surface area contributed by atoms with Crippen LogP contribution in [-0.2, 0) is 4.74 Å². The van der Waals surface area contributed by atoms with Crippen LogP contribution in [0, 0.1) is 0 Å². The number of ether oxygens (including phenoxy) is 1. The van der Waals surface area contributed by atoms with Crippen molar-refractivity contribution in [2.45, 2.75) is 31.4 Å². The molecular weight excluding hydrogens is 312 g/mol. The summed E-state index contributed by atoms with van der Waals surface area (Å²) in [7, 11) is 0. The molecule has 0 spiro atoms. The highest BCUT2D eigenvalue weighted by molar-refractivity contribution is 7.99. The average Bonchev–Trinajstić information content (AvgIpc) is 3.22. The van der Waals surface area contributed by atoms with Gasteiger partial charge in [0.25, 0.3) is 0 Å². The zero-order chi connectivity index (χ0) is 16.1. The maximum Gasteiger partial charge on any atom is 0.194 e. The molecule has 2 atom stereocenters. The van der Waals surface area contributed by atoms with Gasteiger partial charge in [0, 0.05) is 44.5 Å². The van der Waals surface area contributed by atoms with E-state index in [0.29, 0.717) is 12.6 Å². The second-order valence-electron chi connectivity index (χ2n) is 6.73. The van der Waals surface area contributed by atoms with E-state index in [9.17, 15) is 5.11 Å². The van der Waals surface area contributed by atoms with Gasteiger partial charge in [-0.1, -0.05) is 0 Å². The van der Waals surface area contributed by atoms with Gasteiger partial charge in [-0.2, -0.15) is 11.8 Å². The topological polar surface area (TPSA) is 60.3 Å². The van der Waals surface area contributed by atoms with E-state index in [2.05, 4.69) is 22.0 Å². The predicted molar refractivity (Wildman–Crippen MR) is 95.2 cm³/mol. The third kappa shape index (κ3) is 4.53. The molecule has 2 N–H and O–H groups in total. The molecule has 0 bridgehead atoms. The number of likely N-dealkylation sites (tertiary alicyclic amines) is 1. The first-order valence-corrected chi connectivity index (χ1v) is 10.0. The van der Waals surface area contributed by atoms with Gasteiger partial charge in [-0.05, 0) is 25.5 Å². The van der Waals surface area contributed by atoms with E-state index in [0.717, 1.165) is 69.8 Å². The Balaban J connectivity index is 1.57. The third-order valence-corrected chi connectivity index (χ3v) is 6.20. The lowest BCUT2D eigenvalue weighted by molar-refractivity contribution is 0.0194. The summed E-state index contributed by atoms with van der Waals surface area (Å²) in [5.41, 5.74) is -0.603. The number of hydrogen-bond donors (Lipinski definition) is 2. The number of guanidine groups is 1. The molecule has 0 aromatic rings. The first kappa shape index (κ1) is 17.3. The van der Waals surface area contributed by atoms with Crippen molar-refractivity contribution in [3.05, 3.63) is 0 Å². The highest BCUT2D eigenvalue weighted by atomic mass is 32.2. The molecule has 0 amide bonds. The molecule has 3 saturated heterocycles. The van der Waals surface area contributed by atoms with Gasteiger partial charge < -0.3 is 20.1 Å². The summed E-state index contributed by atoms with van der Waals surface area (Å²) in [5, 5.41) is 13.9. The van der Waals surface area contributed by atoms with Gasteiger partial charge >= 0.3 is 0 Å². The summed E-state index contributed by atoms with van der Waals surface area (Å²) in [6.07, 6.45) is 2.04. The van der Waals surface area contributed by atoms with E-state index in [1.807, 2.05) is 11.8 Å². The molecule has 0 aromatic heterocycles. The summed E-state index contributed by atoms with van der Waals surface area (Å²) < 4.78 is 5.46. The molecule has 0 aromatic carbocycles. The van der Waals surface area contributed by atoms with Gasteiger partial charge in [-0.15, -0.1) is 0 Å². The van der Waals surface area contributed by atoms with Crippen LogP contribution in [0.2, 0.25) is 0 Å². The molecule has 7 heteroatoms. The number of aliphatic imine (C=N–C) groups is 1. The van der Waals surface area contributed by atoms with Crippen LogP contribution in [0.4, 0.5) is 0 Å². The van der Waals surface area contributed by atoms with E-state index in [1.54, 1.807) is 0 Å². The normalized spacial score (nSPS) is 33.4. The fourth-order valence-electron chi connectivity index (χ4n) is 3.54. The summed E-state index contributed by atoms with van der Waals surface area (Å²) >= 11 is 1.83. The van der Waals surface area contributed by atoms with Gasteiger partial charge in [0.2, 0.25) is 0 Å². The van der Waals surface area contributed by atoms with Crippen LogP contribution in [-0.4, -0.2) is 96.5 Å². The van der Waals surface area contributed by atoms with Gasteiger partial charge in [-0.25, -0.2) is 0 Å². The van der Waals surface area contributed by atoms with Gasteiger partial charge in [0.1, 0.15) is 0 Å². The first-order valence-electron chi connectivity index (χ1n) is 8.85. The van der Waals surface area contributed by atoms with E-state index >= 15 is 0 Å². The summed E-state index contributed by atoms with van der Waals surface area (Å²) in [6.45, 7) is 9.36. The number of hydrogen-bond acceptors (Lipinski definition) is 5. The van der Waals surface area contributed by atoms with Gasteiger partial charge in [0.05, 0.1) is 25.4 Å².